The standard InChI is InChI=1S/C16H18BF3N2O2/c1-14(2)15(3,4)24-17(23-14)10-5-6-11(13-21-7-8-22-13)12(9-10)16(18,19)20/h5-9H,1-4H3,(H,21,22). The molecule has 1 fully saturated rings. The molecule has 0 radical (unpaired) electrons. The third-order valence-electron chi connectivity index (χ3n) is 4.63. The average Bonchev–Trinajstić information content (AvgIpc) is 3.04. The first-order valence-corrected chi connectivity index (χ1v) is 7.58. The van der Waals surface area contributed by atoms with Gasteiger partial charge in [-0.15, -0.1) is 0 Å². The van der Waals surface area contributed by atoms with Crippen LogP contribution in [0.15, 0.2) is 30.6 Å². The van der Waals surface area contributed by atoms with Gasteiger partial charge < -0.3 is 14.3 Å². The van der Waals surface area contributed by atoms with E-state index in [1.807, 2.05) is 27.7 Å². The molecule has 0 spiro atoms. The number of imidazole rings is 1. The molecule has 2 aromatic rings. The number of hydrogen-bond acceptors (Lipinski definition) is 3. The van der Waals surface area contributed by atoms with Crippen molar-refractivity contribution in [2.75, 3.05) is 0 Å². The van der Waals surface area contributed by atoms with Gasteiger partial charge in [0.05, 0.1) is 16.8 Å². The predicted molar refractivity (Wildman–Crippen MR) is 84.7 cm³/mol. The number of nitrogens with zero attached hydrogens (tertiary/aromatic N) is 1. The Morgan fingerprint density at radius 2 is 1.71 bits per heavy atom. The number of hydrogen-bond donors (Lipinski definition) is 1. The maximum Gasteiger partial charge on any atom is 0.494 e. The second kappa shape index (κ2) is 5.36. The van der Waals surface area contributed by atoms with E-state index in [0.29, 0.717) is 5.46 Å². The van der Waals surface area contributed by atoms with Crippen LogP contribution in [-0.4, -0.2) is 28.3 Å². The average molecular weight is 338 g/mol. The van der Waals surface area contributed by atoms with Crippen LogP contribution in [0.3, 0.4) is 0 Å². The van der Waals surface area contributed by atoms with E-state index < -0.39 is 30.1 Å². The summed E-state index contributed by atoms with van der Waals surface area (Å²) in [4.78, 5) is 6.62. The lowest BCUT2D eigenvalue weighted by Gasteiger charge is -2.32. The normalized spacial score (nSPS) is 19.7. The van der Waals surface area contributed by atoms with Crippen molar-refractivity contribution in [3.63, 3.8) is 0 Å². The van der Waals surface area contributed by atoms with Gasteiger partial charge in [-0.25, -0.2) is 4.98 Å². The highest BCUT2D eigenvalue weighted by atomic mass is 19.4. The highest BCUT2D eigenvalue weighted by Crippen LogP contribution is 2.38. The van der Waals surface area contributed by atoms with Crippen LogP contribution in [0, 0.1) is 0 Å². The van der Waals surface area contributed by atoms with Gasteiger partial charge in [-0.2, -0.15) is 13.2 Å². The number of halogens is 3. The predicted octanol–water partition coefficient (Wildman–Crippen LogP) is 3.39. The quantitative estimate of drug-likeness (QED) is 0.854. The molecule has 1 aliphatic rings. The summed E-state index contributed by atoms with van der Waals surface area (Å²) in [6.07, 6.45) is -1.61. The van der Waals surface area contributed by atoms with Crippen molar-refractivity contribution in [3.8, 4) is 11.4 Å². The molecule has 0 saturated carbocycles. The van der Waals surface area contributed by atoms with Crippen LogP contribution in [0.5, 0.6) is 0 Å². The molecule has 1 aliphatic heterocycles. The van der Waals surface area contributed by atoms with E-state index in [9.17, 15) is 13.2 Å². The van der Waals surface area contributed by atoms with Crippen LogP contribution in [-0.2, 0) is 15.5 Å². The molecule has 24 heavy (non-hydrogen) atoms. The summed E-state index contributed by atoms with van der Waals surface area (Å²) in [5.41, 5.74) is -1.68. The first kappa shape index (κ1) is 17.0. The lowest BCUT2D eigenvalue weighted by atomic mass is 9.77. The number of H-pyrrole nitrogens is 1. The van der Waals surface area contributed by atoms with Gasteiger partial charge in [-0.3, -0.25) is 0 Å². The molecule has 0 aliphatic carbocycles. The topological polar surface area (TPSA) is 47.1 Å². The number of rotatable bonds is 2. The van der Waals surface area contributed by atoms with Crippen molar-refractivity contribution in [1.29, 1.82) is 0 Å². The molecule has 3 rings (SSSR count). The number of aromatic nitrogens is 2. The van der Waals surface area contributed by atoms with Crippen molar-refractivity contribution in [2.24, 2.45) is 0 Å². The molecule has 128 valence electrons. The Morgan fingerprint density at radius 1 is 1.08 bits per heavy atom. The van der Waals surface area contributed by atoms with Crippen LogP contribution >= 0.6 is 0 Å². The number of alkyl halides is 3. The minimum Gasteiger partial charge on any atom is -0.399 e. The Hall–Kier alpha value is -1.80. The summed E-state index contributed by atoms with van der Waals surface area (Å²) in [5, 5.41) is 0. The van der Waals surface area contributed by atoms with Crippen LogP contribution in [0.25, 0.3) is 11.4 Å². The molecule has 0 unspecified atom stereocenters. The van der Waals surface area contributed by atoms with Crippen molar-refractivity contribution >= 4 is 12.6 Å². The Balaban J connectivity index is 2.03. The largest absolute Gasteiger partial charge is 0.494 e. The summed E-state index contributed by atoms with van der Waals surface area (Å²) < 4.78 is 52.1. The smallest absolute Gasteiger partial charge is 0.399 e. The van der Waals surface area contributed by atoms with Gasteiger partial charge >= 0.3 is 13.3 Å². The summed E-state index contributed by atoms with van der Waals surface area (Å²) in [6, 6.07) is 4.04. The second-order valence-electron chi connectivity index (χ2n) is 6.83. The lowest BCUT2D eigenvalue weighted by molar-refractivity contribution is -0.137. The van der Waals surface area contributed by atoms with Gasteiger partial charge in [0.15, 0.2) is 0 Å². The van der Waals surface area contributed by atoms with Crippen molar-refractivity contribution in [2.45, 2.75) is 45.1 Å². The van der Waals surface area contributed by atoms with E-state index in [0.717, 1.165) is 6.07 Å². The summed E-state index contributed by atoms with van der Waals surface area (Å²) in [7, 11) is -0.846. The number of aromatic amines is 1. The highest BCUT2D eigenvalue weighted by Gasteiger charge is 2.52. The molecule has 1 N–H and O–H groups in total. The lowest BCUT2D eigenvalue weighted by Crippen LogP contribution is -2.41. The van der Waals surface area contributed by atoms with E-state index in [1.165, 1.54) is 18.5 Å². The van der Waals surface area contributed by atoms with Gasteiger partial charge in [0, 0.05) is 18.0 Å². The zero-order valence-corrected chi connectivity index (χ0v) is 13.9. The zero-order valence-electron chi connectivity index (χ0n) is 13.9. The maximum atomic E-state index is 13.5. The van der Waals surface area contributed by atoms with Gasteiger partial charge in [0.1, 0.15) is 5.82 Å². The van der Waals surface area contributed by atoms with Crippen molar-refractivity contribution in [1.82, 2.24) is 9.97 Å². The van der Waals surface area contributed by atoms with Gasteiger partial charge in [0.25, 0.3) is 0 Å². The van der Waals surface area contributed by atoms with E-state index in [1.54, 1.807) is 6.07 Å². The van der Waals surface area contributed by atoms with E-state index in [-0.39, 0.29) is 11.4 Å². The zero-order chi connectivity index (χ0) is 17.8. The molecule has 4 nitrogen and oxygen atoms in total. The Bertz CT molecular complexity index is 726. The second-order valence-corrected chi connectivity index (χ2v) is 6.83. The summed E-state index contributed by atoms with van der Waals surface area (Å²) in [6.45, 7) is 7.42. The first-order valence-electron chi connectivity index (χ1n) is 7.58. The van der Waals surface area contributed by atoms with E-state index in [2.05, 4.69) is 9.97 Å². The molecular weight excluding hydrogens is 320 g/mol. The number of benzene rings is 1. The molecule has 0 bridgehead atoms. The fraction of sp³-hybridized carbons (Fsp3) is 0.438. The van der Waals surface area contributed by atoms with Crippen LogP contribution < -0.4 is 5.46 Å². The molecule has 1 aromatic heterocycles. The molecule has 0 amide bonds. The van der Waals surface area contributed by atoms with E-state index in [4.69, 9.17) is 9.31 Å². The Labute approximate surface area is 138 Å². The fourth-order valence-corrected chi connectivity index (χ4v) is 2.54. The van der Waals surface area contributed by atoms with Crippen molar-refractivity contribution in [3.05, 3.63) is 36.2 Å². The molecule has 2 heterocycles. The SMILES string of the molecule is CC1(C)OB(c2ccc(-c3ncc[nH]3)c(C(F)(F)F)c2)OC1(C)C. The minimum absolute atomic E-state index is 0.00670. The third kappa shape index (κ3) is 2.84. The van der Waals surface area contributed by atoms with Crippen LogP contribution in [0.4, 0.5) is 13.2 Å². The van der Waals surface area contributed by atoms with E-state index >= 15 is 0 Å². The Morgan fingerprint density at radius 3 is 2.21 bits per heavy atom. The number of nitrogens with one attached hydrogen (secondary N) is 1. The first-order chi connectivity index (χ1) is 11.0. The molecule has 8 heteroatoms. The highest BCUT2D eigenvalue weighted by molar-refractivity contribution is 6.62. The Kier molecular flexibility index (Phi) is 3.80. The van der Waals surface area contributed by atoms with Crippen LogP contribution in [0.2, 0.25) is 0 Å². The summed E-state index contributed by atoms with van der Waals surface area (Å²) >= 11 is 0. The molecular formula is C16H18BF3N2O2. The van der Waals surface area contributed by atoms with Gasteiger partial charge in [-0.1, -0.05) is 12.1 Å². The van der Waals surface area contributed by atoms with Crippen LogP contribution in [0.1, 0.15) is 33.3 Å². The maximum absolute atomic E-state index is 13.5. The summed E-state index contributed by atoms with van der Waals surface area (Å²) in [5.74, 6) is 0.169. The monoisotopic (exact) mass is 338 g/mol. The van der Waals surface area contributed by atoms with Gasteiger partial charge in [0.2, 0.25) is 0 Å². The molecule has 0 atom stereocenters. The third-order valence-corrected chi connectivity index (χ3v) is 4.63. The molecule has 1 aromatic carbocycles. The minimum atomic E-state index is -4.51. The van der Waals surface area contributed by atoms with Crippen molar-refractivity contribution < 1.29 is 22.5 Å². The fourth-order valence-electron chi connectivity index (χ4n) is 2.54. The molecule has 1 saturated heterocycles. The van der Waals surface area contributed by atoms with Gasteiger partial charge in [-0.05, 0) is 39.2 Å².